The maximum atomic E-state index is 16.2. The van der Waals surface area contributed by atoms with Crippen LogP contribution in [0.5, 0.6) is 5.75 Å². The zero-order valence-corrected chi connectivity index (χ0v) is 21.6. The van der Waals surface area contributed by atoms with Crippen molar-refractivity contribution in [1.82, 2.24) is 25.2 Å². The number of nitrogens with zero attached hydrogens (tertiary/aromatic N) is 6. The largest absolute Gasteiger partial charge is 0.489 e. The molecule has 2 heterocycles. The second-order valence-corrected chi connectivity index (χ2v) is 8.81. The zero-order valence-electron chi connectivity index (χ0n) is 26.6. The van der Waals surface area contributed by atoms with Crippen LogP contribution in [-0.4, -0.2) is 30.3 Å². The number of rotatable bonds is 8. The molecular weight excluding hydrogens is 564 g/mol. The van der Waals surface area contributed by atoms with Crippen molar-refractivity contribution in [3.63, 3.8) is 0 Å². The lowest BCUT2D eigenvalue weighted by Crippen LogP contribution is -2.48. The van der Waals surface area contributed by atoms with Crippen LogP contribution in [0.3, 0.4) is 0 Å². The van der Waals surface area contributed by atoms with Crippen molar-refractivity contribution in [2.75, 3.05) is 0 Å². The predicted molar refractivity (Wildman–Crippen MR) is 144 cm³/mol. The van der Waals surface area contributed by atoms with Crippen LogP contribution >= 0.6 is 0 Å². The number of benzene rings is 3. The minimum Gasteiger partial charge on any atom is -0.489 e. The minimum absolute atomic E-state index is 0.0685. The van der Waals surface area contributed by atoms with E-state index in [1.807, 2.05) is 6.07 Å². The third kappa shape index (κ3) is 6.35. The summed E-state index contributed by atoms with van der Waals surface area (Å²) in [7, 11) is 0. The van der Waals surface area contributed by atoms with Crippen molar-refractivity contribution >= 4 is 0 Å². The molecule has 1 unspecified atom stereocenters. The molecule has 0 fully saturated rings. The molecule has 0 saturated carbocycles. The van der Waals surface area contributed by atoms with Gasteiger partial charge in [-0.05, 0) is 76.7 Å². The third-order valence-corrected chi connectivity index (χ3v) is 5.95. The van der Waals surface area contributed by atoms with Crippen LogP contribution in [-0.2, 0) is 24.6 Å². The average molecular weight is 590 g/mol. The van der Waals surface area contributed by atoms with E-state index in [2.05, 4.69) is 32.4 Å². The van der Waals surface area contributed by atoms with E-state index in [1.165, 1.54) is 48.5 Å². The summed E-state index contributed by atoms with van der Waals surface area (Å²) in [5, 5.41) is 29.7. The highest BCUT2D eigenvalue weighted by molar-refractivity contribution is 5.44. The third-order valence-electron chi connectivity index (χ3n) is 5.95. The summed E-state index contributed by atoms with van der Waals surface area (Å²) in [6.07, 6.45) is -0.163. The van der Waals surface area contributed by atoms with Gasteiger partial charge in [-0.15, -0.1) is 5.10 Å². The highest BCUT2D eigenvalue weighted by atomic mass is 19.3. The van der Waals surface area contributed by atoms with Crippen LogP contribution in [0.15, 0.2) is 91.4 Å². The van der Waals surface area contributed by atoms with Crippen LogP contribution in [0.4, 0.5) is 17.6 Å². The number of alkyl halides is 2. The Morgan fingerprint density at radius 1 is 0.953 bits per heavy atom. The van der Waals surface area contributed by atoms with E-state index in [4.69, 9.17) is 16.9 Å². The molecule has 0 radical (unpaired) electrons. The van der Waals surface area contributed by atoms with E-state index in [-0.39, 0.29) is 27.6 Å². The van der Waals surface area contributed by atoms with Gasteiger partial charge in [0.1, 0.15) is 37.3 Å². The van der Waals surface area contributed by atoms with Crippen molar-refractivity contribution < 1.29 is 34.3 Å². The zero-order chi connectivity index (χ0) is 34.9. The van der Waals surface area contributed by atoms with Crippen molar-refractivity contribution in [3.05, 3.63) is 137 Å². The fourth-order valence-electron chi connectivity index (χ4n) is 3.75. The van der Waals surface area contributed by atoms with Crippen molar-refractivity contribution in [2.45, 2.75) is 24.6 Å². The molecular formula is C31H20F4N6O2. The molecule has 2 aromatic heterocycles. The van der Waals surface area contributed by atoms with Gasteiger partial charge in [0.25, 0.3) is 0 Å². The highest BCUT2D eigenvalue weighted by Gasteiger charge is 2.58. The number of nitriles is 1. The van der Waals surface area contributed by atoms with Crippen molar-refractivity contribution in [3.8, 4) is 23.7 Å². The number of aromatic nitrogens is 5. The molecule has 214 valence electrons. The van der Waals surface area contributed by atoms with E-state index in [0.717, 1.165) is 18.3 Å². The first-order valence-corrected chi connectivity index (χ1v) is 12.2. The SMILES string of the molecule is [2H]c1nnnn1C([2H])([2H])C(O)(c1ccc(F)cc1F)C(F)(F)c1ccc(C#Cc2ccc(OC([2H])([2H])c3ccc(C#N)cc3)cc2)cn1. The maximum absolute atomic E-state index is 16.2. The van der Waals surface area contributed by atoms with Crippen LogP contribution in [0.1, 0.15) is 40.4 Å². The Labute approximate surface area is 249 Å². The summed E-state index contributed by atoms with van der Waals surface area (Å²) >= 11 is 0. The van der Waals surface area contributed by atoms with Gasteiger partial charge in [-0.1, -0.05) is 24.0 Å². The number of hydrogen-bond donors (Lipinski definition) is 1. The van der Waals surface area contributed by atoms with Gasteiger partial charge >= 0.3 is 5.92 Å². The molecule has 8 nitrogen and oxygen atoms in total. The summed E-state index contributed by atoms with van der Waals surface area (Å²) in [5.41, 5.74) is -5.63. The molecule has 1 N–H and O–H groups in total. The number of halogens is 4. The Morgan fingerprint density at radius 2 is 1.65 bits per heavy atom. The van der Waals surface area contributed by atoms with E-state index >= 15 is 8.78 Å². The molecule has 0 aliphatic rings. The molecule has 0 amide bonds. The standard InChI is InChI=1S/C31H20F4N6O2/c32-25-10-13-27(28(33)15-25)30(42,19-41-20-38-39-40-41)31(34,35)29-14-9-23(17-37-29)4-1-21-7-11-26(12-8-21)43-18-24-5-2-22(16-36)3-6-24/h2-3,5-15,17,20,42H,18-19H2/i18D2,19D2,20D. The van der Waals surface area contributed by atoms with E-state index in [0.29, 0.717) is 23.3 Å². The van der Waals surface area contributed by atoms with Crippen LogP contribution < -0.4 is 4.74 Å². The maximum Gasteiger partial charge on any atom is 0.323 e. The van der Waals surface area contributed by atoms with Gasteiger partial charge in [-0.25, -0.2) is 13.5 Å². The Morgan fingerprint density at radius 3 is 2.28 bits per heavy atom. The normalized spacial score (nSPS) is 14.8. The van der Waals surface area contributed by atoms with Crippen LogP contribution in [0, 0.1) is 34.8 Å². The number of ether oxygens (including phenoxy) is 1. The van der Waals surface area contributed by atoms with Crippen LogP contribution in [0.25, 0.3) is 0 Å². The summed E-state index contributed by atoms with van der Waals surface area (Å²) in [6.45, 7) is -5.99. The van der Waals surface area contributed by atoms with Gasteiger partial charge in [-0.3, -0.25) is 4.98 Å². The molecule has 5 aromatic rings. The molecule has 5 rings (SSSR count). The lowest BCUT2D eigenvalue weighted by Gasteiger charge is -2.35. The van der Waals surface area contributed by atoms with Gasteiger partial charge < -0.3 is 9.84 Å². The Balaban J connectivity index is 1.40. The Bertz CT molecular complexity index is 2060. The summed E-state index contributed by atoms with van der Waals surface area (Å²) in [6, 6.07) is 16.7. The molecule has 1 atom stereocenters. The van der Waals surface area contributed by atoms with Gasteiger partial charge in [0, 0.05) is 29.0 Å². The first-order chi connectivity index (χ1) is 22.6. The van der Waals surface area contributed by atoms with Gasteiger partial charge in [0.2, 0.25) is 0 Å². The van der Waals surface area contributed by atoms with Gasteiger partial charge in [0.05, 0.1) is 23.6 Å². The summed E-state index contributed by atoms with van der Waals surface area (Å²) < 4.78 is 107. The molecule has 0 aliphatic heterocycles. The van der Waals surface area contributed by atoms with Crippen molar-refractivity contribution in [2.24, 2.45) is 0 Å². The molecule has 0 spiro atoms. The molecule has 0 saturated heterocycles. The Kier molecular flexibility index (Phi) is 6.48. The molecule has 12 heteroatoms. The lowest BCUT2D eigenvalue weighted by molar-refractivity contribution is -0.207. The fraction of sp³-hybridized carbons (Fsp3) is 0.129. The number of aliphatic hydroxyl groups is 1. The summed E-state index contributed by atoms with van der Waals surface area (Å²) in [4.78, 5) is 3.65. The van der Waals surface area contributed by atoms with E-state index in [9.17, 15) is 13.9 Å². The first-order valence-electron chi connectivity index (χ1n) is 14.7. The smallest absolute Gasteiger partial charge is 0.323 e. The molecule has 43 heavy (non-hydrogen) atoms. The molecule has 0 bridgehead atoms. The fourth-order valence-corrected chi connectivity index (χ4v) is 3.75. The Hall–Kier alpha value is -5.59. The quantitative estimate of drug-likeness (QED) is 0.203. The molecule has 3 aromatic carbocycles. The van der Waals surface area contributed by atoms with E-state index in [1.54, 1.807) is 0 Å². The lowest BCUT2D eigenvalue weighted by atomic mass is 9.84. The summed E-state index contributed by atoms with van der Waals surface area (Å²) in [5.74, 6) is -1.98. The second kappa shape index (κ2) is 12.1. The highest BCUT2D eigenvalue weighted by Crippen LogP contribution is 2.46. The predicted octanol–water partition coefficient (Wildman–Crippen LogP) is 4.88. The van der Waals surface area contributed by atoms with Crippen molar-refractivity contribution in [1.29, 1.82) is 5.26 Å². The van der Waals surface area contributed by atoms with Crippen LogP contribution in [0.2, 0.25) is 0 Å². The number of tetrazole rings is 1. The average Bonchev–Trinajstić information content (AvgIpc) is 3.50. The topological polar surface area (TPSA) is 110 Å². The number of pyridine rings is 1. The monoisotopic (exact) mass is 589 g/mol. The first kappa shape index (κ1) is 23.0. The van der Waals surface area contributed by atoms with Gasteiger partial charge in [0.15, 0.2) is 5.60 Å². The van der Waals surface area contributed by atoms with E-state index < -0.39 is 53.8 Å². The van der Waals surface area contributed by atoms with Gasteiger partial charge in [-0.2, -0.15) is 14.0 Å². The minimum atomic E-state index is -4.74. The number of hydrogen-bond acceptors (Lipinski definition) is 7. The second-order valence-electron chi connectivity index (χ2n) is 8.81. The molecule has 0 aliphatic carbocycles.